The largest absolute Gasteiger partial charge is 1.00 e. The molecule has 0 radical (unpaired) electrons. The van der Waals surface area contributed by atoms with Gasteiger partial charge in [0.05, 0.1) is 18.4 Å². The normalized spacial score (nSPS) is 20.5. The zero-order valence-corrected chi connectivity index (χ0v) is 21.0. The van der Waals surface area contributed by atoms with Gasteiger partial charge < -0.3 is 33.5 Å². The lowest BCUT2D eigenvalue weighted by atomic mass is 10.1. The molecule has 1 aliphatic rings. The van der Waals surface area contributed by atoms with Gasteiger partial charge in [0.2, 0.25) is 0 Å². The van der Waals surface area contributed by atoms with Gasteiger partial charge in [-0.05, 0) is 57.2 Å². The van der Waals surface area contributed by atoms with Crippen LogP contribution in [0.3, 0.4) is 0 Å². The van der Waals surface area contributed by atoms with E-state index in [2.05, 4.69) is 97.9 Å². The van der Waals surface area contributed by atoms with Crippen LogP contribution in [0.4, 0.5) is 0 Å². The lowest BCUT2D eigenvalue weighted by molar-refractivity contribution is -0.157. The van der Waals surface area contributed by atoms with Gasteiger partial charge in [0.15, 0.2) is 5.79 Å². The summed E-state index contributed by atoms with van der Waals surface area (Å²) in [6, 6.07) is 33.1. The third-order valence-electron chi connectivity index (χ3n) is 5.78. The van der Waals surface area contributed by atoms with E-state index < -0.39 is 13.0 Å². The van der Waals surface area contributed by atoms with Gasteiger partial charge in [0.1, 0.15) is 23.2 Å². The fourth-order valence-electron chi connectivity index (χ4n) is 4.39. The van der Waals surface area contributed by atoms with E-state index >= 15 is 0 Å². The second kappa shape index (κ2) is 9.48. The van der Waals surface area contributed by atoms with Crippen LogP contribution in [0.15, 0.2) is 91.0 Å². The van der Waals surface area contributed by atoms with Crippen molar-refractivity contribution in [3.05, 3.63) is 91.0 Å². The van der Waals surface area contributed by atoms with Crippen molar-refractivity contribution >= 4 is 23.2 Å². The minimum absolute atomic E-state index is 0. The van der Waals surface area contributed by atoms with Crippen molar-refractivity contribution in [1.82, 2.24) is 0 Å². The molecule has 1 heterocycles. The summed E-state index contributed by atoms with van der Waals surface area (Å²) in [6.07, 6.45) is 1.99. The van der Waals surface area contributed by atoms with Crippen molar-refractivity contribution in [2.45, 2.75) is 38.6 Å². The Balaban J connectivity index is 0.00000256. The second-order valence-corrected chi connectivity index (χ2v) is 12.1. The maximum atomic E-state index is 6.33. The molecule has 30 heavy (non-hydrogen) atoms. The standard InChI is InChI=1S/C26H30O2P.HI/c1-25(2)27-21-26(3,28-25)19-20-29(22-13-7-4-8-14-22,23-15-9-5-10-16-23)24-17-11-6-12-18-24;/h4-18H,19-21H2,1-3H3;1H/q+1;/p-1/t26-;/m1./s1. The average Bonchev–Trinajstić information content (AvgIpc) is 3.04. The molecule has 0 N–H and O–H groups in total. The third-order valence-corrected chi connectivity index (χ3v) is 10.2. The molecule has 158 valence electrons. The summed E-state index contributed by atoms with van der Waals surface area (Å²) in [4.78, 5) is 0. The Labute approximate surface area is 198 Å². The highest BCUT2D eigenvalue weighted by molar-refractivity contribution is 7.95. The van der Waals surface area contributed by atoms with Gasteiger partial charge in [-0.2, -0.15) is 0 Å². The molecule has 0 aromatic heterocycles. The summed E-state index contributed by atoms with van der Waals surface area (Å²) < 4.78 is 12.3. The zero-order chi connectivity index (χ0) is 20.4. The lowest BCUT2D eigenvalue weighted by Gasteiger charge is -2.31. The quantitative estimate of drug-likeness (QED) is 0.357. The maximum absolute atomic E-state index is 6.33. The van der Waals surface area contributed by atoms with E-state index in [1.165, 1.54) is 15.9 Å². The van der Waals surface area contributed by atoms with Crippen LogP contribution < -0.4 is 39.9 Å². The highest BCUT2D eigenvalue weighted by atomic mass is 127. The van der Waals surface area contributed by atoms with Crippen molar-refractivity contribution in [2.75, 3.05) is 12.8 Å². The van der Waals surface area contributed by atoms with E-state index in [0.717, 1.165) is 12.6 Å². The van der Waals surface area contributed by atoms with Crippen molar-refractivity contribution in [1.29, 1.82) is 0 Å². The van der Waals surface area contributed by atoms with Crippen LogP contribution in [0.1, 0.15) is 27.2 Å². The first-order chi connectivity index (χ1) is 13.9. The molecule has 4 rings (SSSR count). The van der Waals surface area contributed by atoms with Crippen molar-refractivity contribution in [3.63, 3.8) is 0 Å². The van der Waals surface area contributed by atoms with E-state index in [0.29, 0.717) is 6.61 Å². The Kier molecular flexibility index (Phi) is 7.40. The van der Waals surface area contributed by atoms with Gasteiger partial charge in [0.25, 0.3) is 0 Å². The van der Waals surface area contributed by atoms with Crippen molar-refractivity contribution in [2.24, 2.45) is 0 Å². The van der Waals surface area contributed by atoms with E-state index in [1.807, 2.05) is 13.8 Å². The van der Waals surface area contributed by atoms with Crippen LogP contribution in [0, 0.1) is 0 Å². The molecule has 1 fully saturated rings. The fraction of sp³-hybridized carbons (Fsp3) is 0.308. The molecule has 1 atom stereocenters. The minimum atomic E-state index is -1.83. The Morgan fingerprint density at radius 2 is 1.10 bits per heavy atom. The number of rotatable bonds is 6. The van der Waals surface area contributed by atoms with Crippen molar-refractivity contribution < 1.29 is 33.5 Å². The lowest BCUT2D eigenvalue weighted by Crippen LogP contribution is -3.00. The minimum Gasteiger partial charge on any atom is -1.00 e. The predicted octanol–water partition coefficient (Wildman–Crippen LogP) is 1.92. The Morgan fingerprint density at radius 3 is 1.43 bits per heavy atom. The number of ether oxygens (including phenoxy) is 2. The monoisotopic (exact) mass is 532 g/mol. The van der Waals surface area contributed by atoms with E-state index in [-0.39, 0.29) is 29.6 Å². The predicted molar refractivity (Wildman–Crippen MR) is 124 cm³/mol. The summed E-state index contributed by atoms with van der Waals surface area (Å²) in [5.74, 6) is -0.512. The van der Waals surface area contributed by atoms with Gasteiger partial charge >= 0.3 is 0 Å². The van der Waals surface area contributed by atoms with Gasteiger partial charge in [-0.15, -0.1) is 0 Å². The molecular weight excluding hydrogens is 502 g/mol. The van der Waals surface area contributed by atoms with Gasteiger partial charge in [-0.3, -0.25) is 0 Å². The molecule has 0 saturated carbocycles. The Hall–Kier alpha value is -1.26. The SMILES string of the molecule is CC1(C)OC[C@@](C)(CC[P+](c2ccccc2)(c2ccccc2)c2ccccc2)O1.[I-]. The van der Waals surface area contributed by atoms with Crippen LogP contribution in [-0.4, -0.2) is 24.2 Å². The first kappa shape index (κ1) is 23.4. The van der Waals surface area contributed by atoms with E-state index in [4.69, 9.17) is 9.47 Å². The number of halogens is 1. The summed E-state index contributed by atoms with van der Waals surface area (Å²) >= 11 is 0. The zero-order valence-electron chi connectivity index (χ0n) is 17.9. The first-order valence-corrected chi connectivity index (χ1v) is 12.3. The fourth-order valence-corrected chi connectivity index (χ4v) is 8.91. The van der Waals surface area contributed by atoms with Gasteiger partial charge in [0, 0.05) is 6.42 Å². The van der Waals surface area contributed by atoms with Crippen LogP contribution in [0.2, 0.25) is 0 Å². The average molecular weight is 532 g/mol. The maximum Gasteiger partial charge on any atom is 0.163 e. The molecule has 0 bridgehead atoms. The van der Waals surface area contributed by atoms with Crippen LogP contribution in [0.25, 0.3) is 0 Å². The number of hydrogen-bond donors (Lipinski definition) is 0. The smallest absolute Gasteiger partial charge is 0.163 e. The van der Waals surface area contributed by atoms with E-state index in [9.17, 15) is 0 Å². The highest BCUT2D eigenvalue weighted by Gasteiger charge is 2.49. The molecule has 1 saturated heterocycles. The molecule has 0 aliphatic carbocycles. The number of hydrogen-bond acceptors (Lipinski definition) is 2. The molecular formula is C26H30IO2P. The summed E-state index contributed by atoms with van der Waals surface area (Å²) in [5.41, 5.74) is -0.271. The third kappa shape index (κ3) is 4.80. The number of benzene rings is 3. The molecule has 4 heteroatoms. The van der Waals surface area contributed by atoms with Crippen molar-refractivity contribution in [3.8, 4) is 0 Å². The summed E-state index contributed by atoms with van der Waals surface area (Å²) in [6.45, 7) is 6.84. The molecule has 2 nitrogen and oxygen atoms in total. The molecule has 3 aromatic carbocycles. The Morgan fingerprint density at radius 1 is 0.700 bits per heavy atom. The highest BCUT2D eigenvalue weighted by Crippen LogP contribution is 2.57. The molecule has 1 aliphatic heterocycles. The molecule has 0 amide bonds. The van der Waals surface area contributed by atoms with Crippen LogP contribution in [0.5, 0.6) is 0 Å². The molecule has 0 spiro atoms. The Bertz CT molecular complexity index is 834. The van der Waals surface area contributed by atoms with Crippen LogP contribution >= 0.6 is 7.26 Å². The van der Waals surface area contributed by atoms with Gasteiger partial charge in [-0.1, -0.05) is 54.6 Å². The molecule has 0 unspecified atom stereocenters. The van der Waals surface area contributed by atoms with E-state index in [1.54, 1.807) is 0 Å². The first-order valence-electron chi connectivity index (χ1n) is 10.3. The summed E-state index contributed by atoms with van der Waals surface area (Å²) in [5, 5.41) is 4.25. The topological polar surface area (TPSA) is 18.5 Å². The summed E-state index contributed by atoms with van der Waals surface area (Å²) in [7, 11) is -1.83. The molecule has 3 aromatic rings. The van der Waals surface area contributed by atoms with Gasteiger partial charge in [-0.25, -0.2) is 0 Å². The second-order valence-electron chi connectivity index (χ2n) is 8.53. The van der Waals surface area contributed by atoms with Crippen LogP contribution in [-0.2, 0) is 9.47 Å².